The molecule has 2 rings (SSSR count). The average Bonchev–Trinajstić information content (AvgIpc) is 2.62. The number of carbonyl (C=O) groups is 1. The molecular formula is C20H27N3O3S2. The maximum absolute atomic E-state index is 12.4. The summed E-state index contributed by atoms with van der Waals surface area (Å²) in [4.78, 5) is 14.4. The Morgan fingerprint density at radius 2 is 1.75 bits per heavy atom. The summed E-state index contributed by atoms with van der Waals surface area (Å²) in [6.45, 7) is 2.05. The molecule has 0 aliphatic carbocycles. The molecule has 0 aliphatic rings. The first-order valence-corrected chi connectivity index (χ1v) is 11.4. The summed E-state index contributed by atoms with van der Waals surface area (Å²) in [7, 11) is 3.08. The lowest BCUT2D eigenvalue weighted by Crippen LogP contribution is -2.23. The van der Waals surface area contributed by atoms with E-state index in [0.717, 1.165) is 15.7 Å². The van der Waals surface area contributed by atoms with Crippen LogP contribution >= 0.6 is 11.8 Å². The van der Waals surface area contributed by atoms with Gasteiger partial charge in [0.1, 0.15) is 0 Å². The lowest BCUT2D eigenvalue weighted by Gasteiger charge is -2.20. The molecular weight excluding hydrogens is 394 g/mol. The van der Waals surface area contributed by atoms with Crippen molar-refractivity contribution in [3.8, 4) is 0 Å². The van der Waals surface area contributed by atoms with Crippen LogP contribution < -0.4 is 10.2 Å². The maximum atomic E-state index is 12.4. The normalized spacial score (nSPS) is 11.5. The van der Waals surface area contributed by atoms with Gasteiger partial charge in [-0.15, -0.1) is 11.8 Å². The third kappa shape index (κ3) is 5.50. The minimum Gasteiger partial charge on any atom is -0.376 e. The van der Waals surface area contributed by atoms with Gasteiger partial charge in [-0.3, -0.25) is 4.79 Å². The smallest absolute Gasteiger partial charge is 0.242 e. The van der Waals surface area contributed by atoms with E-state index in [1.165, 1.54) is 43.1 Å². The first-order valence-electron chi connectivity index (χ1n) is 8.79. The molecule has 0 bridgehead atoms. The largest absolute Gasteiger partial charge is 0.376 e. The predicted octanol–water partition coefficient (Wildman–Crippen LogP) is 3.18. The van der Waals surface area contributed by atoms with E-state index in [9.17, 15) is 13.2 Å². The molecule has 1 N–H and O–H groups in total. The Kier molecular flexibility index (Phi) is 7.51. The number of nitrogens with zero attached hydrogens (tertiary/aromatic N) is 2. The van der Waals surface area contributed by atoms with Crippen molar-refractivity contribution in [1.29, 1.82) is 0 Å². The molecule has 2 aromatic rings. The summed E-state index contributed by atoms with van der Waals surface area (Å²) in [5.41, 5.74) is 3.63. The molecule has 0 saturated heterocycles. The van der Waals surface area contributed by atoms with Crippen molar-refractivity contribution in [2.24, 2.45) is 0 Å². The topological polar surface area (TPSA) is 69.7 Å². The van der Waals surface area contributed by atoms with Crippen LogP contribution in [0.5, 0.6) is 0 Å². The number of benzene rings is 2. The first kappa shape index (κ1) is 22.3. The molecule has 2 aromatic carbocycles. The van der Waals surface area contributed by atoms with Gasteiger partial charge in [0.2, 0.25) is 15.9 Å². The van der Waals surface area contributed by atoms with E-state index in [1.54, 1.807) is 12.1 Å². The predicted molar refractivity (Wildman–Crippen MR) is 118 cm³/mol. The molecule has 0 aliphatic heterocycles. The van der Waals surface area contributed by atoms with Gasteiger partial charge in [0.05, 0.1) is 22.0 Å². The van der Waals surface area contributed by atoms with Crippen LogP contribution in [0.1, 0.15) is 11.1 Å². The summed E-state index contributed by atoms with van der Waals surface area (Å²) in [6, 6.07) is 12.8. The van der Waals surface area contributed by atoms with Crippen LogP contribution in [-0.4, -0.2) is 52.6 Å². The van der Waals surface area contributed by atoms with Crippen molar-refractivity contribution in [2.75, 3.05) is 44.2 Å². The molecule has 0 unspecified atom stereocenters. The second-order valence-electron chi connectivity index (χ2n) is 6.83. The van der Waals surface area contributed by atoms with Gasteiger partial charge in [-0.25, -0.2) is 12.7 Å². The second kappa shape index (κ2) is 9.45. The van der Waals surface area contributed by atoms with Gasteiger partial charge in [0, 0.05) is 33.9 Å². The fourth-order valence-electron chi connectivity index (χ4n) is 2.59. The Labute approximate surface area is 172 Å². The van der Waals surface area contributed by atoms with E-state index in [0.29, 0.717) is 5.69 Å². The summed E-state index contributed by atoms with van der Waals surface area (Å²) in [6.07, 6.45) is 0. The molecule has 0 aromatic heterocycles. The summed E-state index contributed by atoms with van der Waals surface area (Å²) in [5, 5.41) is 2.86. The highest BCUT2D eigenvalue weighted by Crippen LogP contribution is 2.29. The van der Waals surface area contributed by atoms with E-state index in [2.05, 4.69) is 24.4 Å². The lowest BCUT2D eigenvalue weighted by atomic mass is 10.1. The SMILES string of the molecule is Cc1ccccc1CSCC(=O)Nc1cc(S(=O)(=O)N(C)C)ccc1N(C)C. The number of thioether (sulfide) groups is 1. The van der Waals surface area contributed by atoms with Crippen LogP contribution in [0.15, 0.2) is 47.4 Å². The molecule has 8 heteroatoms. The van der Waals surface area contributed by atoms with E-state index in [4.69, 9.17) is 0 Å². The van der Waals surface area contributed by atoms with Crippen LogP contribution in [0, 0.1) is 6.92 Å². The molecule has 28 heavy (non-hydrogen) atoms. The minimum atomic E-state index is -3.58. The van der Waals surface area contributed by atoms with Crippen LogP contribution in [-0.2, 0) is 20.6 Å². The number of sulfonamides is 1. The molecule has 0 fully saturated rings. The number of nitrogens with one attached hydrogen (secondary N) is 1. The molecule has 152 valence electrons. The molecule has 0 radical (unpaired) electrons. The van der Waals surface area contributed by atoms with Crippen molar-refractivity contribution in [2.45, 2.75) is 17.6 Å². The average molecular weight is 422 g/mol. The van der Waals surface area contributed by atoms with Gasteiger partial charge in [-0.2, -0.15) is 0 Å². The number of carbonyl (C=O) groups excluding carboxylic acids is 1. The van der Waals surface area contributed by atoms with Crippen LogP contribution in [0.3, 0.4) is 0 Å². The van der Waals surface area contributed by atoms with Crippen LogP contribution in [0.25, 0.3) is 0 Å². The maximum Gasteiger partial charge on any atom is 0.242 e. The van der Waals surface area contributed by atoms with Crippen molar-refractivity contribution in [3.05, 3.63) is 53.6 Å². The van der Waals surface area contributed by atoms with Crippen molar-refractivity contribution >= 4 is 39.1 Å². The zero-order chi connectivity index (χ0) is 20.9. The highest BCUT2D eigenvalue weighted by Gasteiger charge is 2.20. The quantitative estimate of drug-likeness (QED) is 0.709. The fraction of sp³-hybridized carbons (Fsp3) is 0.350. The molecule has 6 nitrogen and oxygen atoms in total. The van der Waals surface area contributed by atoms with E-state index in [-0.39, 0.29) is 16.6 Å². The van der Waals surface area contributed by atoms with Crippen molar-refractivity contribution in [1.82, 2.24) is 4.31 Å². The van der Waals surface area contributed by atoms with E-state index >= 15 is 0 Å². The summed E-state index contributed by atoms with van der Waals surface area (Å²) in [5.74, 6) is 0.864. The lowest BCUT2D eigenvalue weighted by molar-refractivity contribution is -0.113. The Morgan fingerprint density at radius 3 is 2.36 bits per heavy atom. The zero-order valence-electron chi connectivity index (χ0n) is 16.9. The summed E-state index contributed by atoms with van der Waals surface area (Å²) < 4.78 is 26.0. The number of amides is 1. The highest BCUT2D eigenvalue weighted by molar-refractivity contribution is 7.99. The van der Waals surface area contributed by atoms with Crippen molar-refractivity contribution in [3.63, 3.8) is 0 Å². The standard InChI is InChI=1S/C20H27N3O3S2/c1-15-8-6-7-9-16(15)13-27-14-20(24)21-18-12-17(28(25,26)23(4)5)10-11-19(18)22(2)3/h6-12H,13-14H2,1-5H3,(H,21,24). The van der Waals surface area contributed by atoms with Gasteiger partial charge in [0.25, 0.3) is 0 Å². The number of hydrogen-bond donors (Lipinski definition) is 1. The molecule has 1 amide bonds. The first-order chi connectivity index (χ1) is 13.1. The van der Waals surface area contributed by atoms with Gasteiger partial charge in [-0.05, 0) is 36.2 Å². The van der Waals surface area contributed by atoms with Gasteiger partial charge < -0.3 is 10.2 Å². The fourth-order valence-corrected chi connectivity index (χ4v) is 4.42. The minimum absolute atomic E-state index is 0.144. The third-order valence-electron chi connectivity index (χ3n) is 4.25. The monoisotopic (exact) mass is 421 g/mol. The number of hydrogen-bond acceptors (Lipinski definition) is 5. The number of aryl methyl sites for hydroxylation is 1. The summed E-state index contributed by atoms with van der Waals surface area (Å²) >= 11 is 1.52. The van der Waals surface area contributed by atoms with E-state index < -0.39 is 10.0 Å². The molecule has 0 saturated carbocycles. The van der Waals surface area contributed by atoms with Gasteiger partial charge in [-0.1, -0.05) is 24.3 Å². The number of rotatable bonds is 8. The Hall–Kier alpha value is -2.03. The van der Waals surface area contributed by atoms with Gasteiger partial charge in [0.15, 0.2) is 0 Å². The Bertz CT molecular complexity index is 941. The Balaban J connectivity index is 2.12. The van der Waals surface area contributed by atoms with Crippen molar-refractivity contribution < 1.29 is 13.2 Å². The third-order valence-corrected chi connectivity index (χ3v) is 7.05. The van der Waals surface area contributed by atoms with Crippen LogP contribution in [0.4, 0.5) is 11.4 Å². The van der Waals surface area contributed by atoms with Gasteiger partial charge >= 0.3 is 0 Å². The zero-order valence-corrected chi connectivity index (χ0v) is 18.5. The molecule has 0 atom stereocenters. The van der Waals surface area contributed by atoms with E-state index in [1.807, 2.05) is 31.1 Å². The second-order valence-corrected chi connectivity index (χ2v) is 9.97. The number of anilines is 2. The van der Waals surface area contributed by atoms with Crippen LogP contribution in [0.2, 0.25) is 0 Å². The molecule has 0 heterocycles. The molecule has 0 spiro atoms. The Morgan fingerprint density at radius 1 is 1.07 bits per heavy atom. The highest BCUT2D eigenvalue weighted by atomic mass is 32.2.